The number of nitrogens with zero attached hydrogens (tertiary/aromatic N) is 1. The molecule has 1 heterocycles. The average Bonchev–Trinajstić information content (AvgIpc) is 2.28. The summed E-state index contributed by atoms with van der Waals surface area (Å²) >= 11 is 0. The van der Waals surface area contributed by atoms with Crippen LogP contribution in [-0.2, 0) is 9.47 Å². The number of ether oxygens (including phenoxy) is 2. The summed E-state index contributed by atoms with van der Waals surface area (Å²) in [5.41, 5.74) is 0.342. The van der Waals surface area contributed by atoms with Crippen molar-refractivity contribution >= 4 is 0 Å². The van der Waals surface area contributed by atoms with Crippen LogP contribution in [0.4, 0.5) is 0 Å². The third-order valence-corrected chi connectivity index (χ3v) is 4.08. The Morgan fingerprint density at radius 2 is 1.71 bits per heavy atom. The molecule has 0 aliphatic carbocycles. The first-order chi connectivity index (χ1) is 9.57. The van der Waals surface area contributed by atoms with Gasteiger partial charge in [0.25, 0.3) is 0 Å². The second kappa shape index (κ2) is 7.94. The lowest BCUT2D eigenvalue weighted by atomic mass is 9.93. The minimum absolute atomic E-state index is 0.0301. The van der Waals surface area contributed by atoms with Gasteiger partial charge in [-0.15, -0.1) is 0 Å². The van der Waals surface area contributed by atoms with Crippen LogP contribution in [0.2, 0.25) is 0 Å². The van der Waals surface area contributed by atoms with Crippen molar-refractivity contribution in [1.82, 2.24) is 4.90 Å². The normalized spacial score (nSPS) is 25.3. The Balaban J connectivity index is 2.21. The van der Waals surface area contributed by atoms with Crippen molar-refractivity contribution in [2.45, 2.75) is 85.5 Å². The molecule has 0 radical (unpaired) electrons. The number of piperidine rings is 1. The highest BCUT2D eigenvalue weighted by Crippen LogP contribution is 2.23. The van der Waals surface area contributed by atoms with Gasteiger partial charge in [0.15, 0.2) is 0 Å². The molecule has 0 aromatic carbocycles. The maximum Gasteiger partial charge on any atom is 0.0602 e. The van der Waals surface area contributed by atoms with Gasteiger partial charge < -0.3 is 9.47 Å². The van der Waals surface area contributed by atoms with Gasteiger partial charge in [-0.1, -0.05) is 20.8 Å². The fourth-order valence-electron chi connectivity index (χ4n) is 2.66. The second-order valence-corrected chi connectivity index (χ2v) is 8.67. The minimum atomic E-state index is -0.0301. The molecule has 0 N–H and O–H groups in total. The molecule has 2 atom stereocenters. The maximum absolute atomic E-state index is 6.08. The summed E-state index contributed by atoms with van der Waals surface area (Å²) < 4.78 is 11.9. The maximum atomic E-state index is 6.08. The standard InChI is InChI=1S/C18H37NO2/c1-15-14-16(20-12-9-17(2,3)4)8-10-19(15)11-13-21-18(5,6)7/h15-16H,8-14H2,1-7H3/t15-,16+/m0/s1. The molecule has 0 amide bonds. The van der Waals surface area contributed by atoms with Crippen molar-refractivity contribution in [3.63, 3.8) is 0 Å². The summed E-state index contributed by atoms with van der Waals surface area (Å²) in [4.78, 5) is 2.54. The number of rotatable bonds is 6. The van der Waals surface area contributed by atoms with Gasteiger partial charge >= 0.3 is 0 Å². The fraction of sp³-hybridized carbons (Fsp3) is 1.00. The van der Waals surface area contributed by atoms with E-state index >= 15 is 0 Å². The van der Waals surface area contributed by atoms with Crippen molar-refractivity contribution in [1.29, 1.82) is 0 Å². The number of hydrogen-bond acceptors (Lipinski definition) is 3. The Morgan fingerprint density at radius 1 is 1.05 bits per heavy atom. The largest absolute Gasteiger partial charge is 0.378 e. The molecular weight excluding hydrogens is 262 g/mol. The Morgan fingerprint density at radius 3 is 2.24 bits per heavy atom. The summed E-state index contributed by atoms with van der Waals surface area (Å²) in [6.07, 6.45) is 3.90. The van der Waals surface area contributed by atoms with Gasteiger partial charge in [-0.25, -0.2) is 0 Å². The average molecular weight is 299 g/mol. The van der Waals surface area contributed by atoms with Crippen LogP contribution in [-0.4, -0.2) is 49.0 Å². The van der Waals surface area contributed by atoms with Crippen LogP contribution in [0.1, 0.15) is 67.7 Å². The first-order valence-corrected chi connectivity index (χ1v) is 8.56. The van der Waals surface area contributed by atoms with E-state index in [0.717, 1.165) is 45.6 Å². The lowest BCUT2D eigenvalue weighted by Crippen LogP contribution is -2.45. The van der Waals surface area contributed by atoms with Crippen molar-refractivity contribution in [3.05, 3.63) is 0 Å². The van der Waals surface area contributed by atoms with Crippen molar-refractivity contribution in [2.75, 3.05) is 26.3 Å². The third-order valence-electron chi connectivity index (χ3n) is 4.08. The molecule has 0 spiro atoms. The predicted octanol–water partition coefficient (Wildman–Crippen LogP) is 4.11. The molecule has 1 aliphatic heterocycles. The highest BCUT2D eigenvalue weighted by molar-refractivity contribution is 4.79. The van der Waals surface area contributed by atoms with Crippen molar-refractivity contribution < 1.29 is 9.47 Å². The SMILES string of the molecule is C[C@H]1C[C@H](OCCC(C)(C)C)CCN1CCOC(C)(C)C. The van der Waals surface area contributed by atoms with Gasteiger partial charge in [0.05, 0.1) is 18.3 Å². The smallest absolute Gasteiger partial charge is 0.0602 e. The highest BCUT2D eigenvalue weighted by Gasteiger charge is 2.26. The highest BCUT2D eigenvalue weighted by atomic mass is 16.5. The van der Waals surface area contributed by atoms with Crippen LogP contribution >= 0.6 is 0 Å². The Kier molecular flexibility index (Phi) is 7.15. The van der Waals surface area contributed by atoms with E-state index in [4.69, 9.17) is 9.47 Å². The molecule has 1 rings (SSSR count). The molecule has 126 valence electrons. The van der Waals surface area contributed by atoms with Gasteiger partial charge in [-0.2, -0.15) is 0 Å². The lowest BCUT2D eigenvalue weighted by molar-refractivity contribution is -0.0447. The fourth-order valence-corrected chi connectivity index (χ4v) is 2.66. The van der Waals surface area contributed by atoms with Gasteiger partial charge in [0, 0.05) is 25.7 Å². The van der Waals surface area contributed by atoms with E-state index < -0.39 is 0 Å². The van der Waals surface area contributed by atoms with Gasteiger partial charge in [-0.3, -0.25) is 4.90 Å². The number of hydrogen-bond donors (Lipinski definition) is 0. The van der Waals surface area contributed by atoms with Crippen LogP contribution < -0.4 is 0 Å². The molecule has 0 unspecified atom stereocenters. The van der Waals surface area contributed by atoms with Gasteiger partial charge in [0.1, 0.15) is 0 Å². The van der Waals surface area contributed by atoms with E-state index in [9.17, 15) is 0 Å². The zero-order valence-electron chi connectivity index (χ0n) is 15.4. The molecule has 21 heavy (non-hydrogen) atoms. The van der Waals surface area contributed by atoms with E-state index in [-0.39, 0.29) is 5.60 Å². The second-order valence-electron chi connectivity index (χ2n) is 8.67. The molecule has 0 bridgehead atoms. The third kappa shape index (κ3) is 8.80. The summed E-state index contributed by atoms with van der Waals surface area (Å²) in [5.74, 6) is 0. The van der Waals surface area contributed by atoms with Crippen molar-refractivity contribution in [2.24, 2.45) is 5.41 Å². The molecule has 3 nitrogen and oxygen atoms in total. The minimum Gasteiger partial charge on any atom is -0.378 e. The topological polar surface area (TPSA) is 21.7 Å². The molecule has 0 aromatic heterocycles. The molecule has 1 fully saturated rings. The molecular formula is C18H37NO2. The van der Waals surface area contributed by atoms with Crippen molar-refractivity contribution in [3.8, 4) is 0 Å². The van der Waals surface area contributed by atoms with Crippen LogP contribution in [0.15, 0.2) is 0 Å². The van der Waals surface area contributed by atoms with Crippen LogP contribution in [0.25, 0.3) is 0 Å². The van der Waals surface area contributed by atoms with E-state index in [1.165, 1.54) is 0 Å². The van der Waals surface area contributed by atoms with E-state index in [0.29, 0.717) is 17.6 Å². The van der Waals surface area contributed by atoms with Gasteiger partial charge in [-0.05, 0) is 52.4 Å². The molecule has 3 heteroatoms. The molecule has 0 saturated carbocycles. The lowest BCUT2D eigenvalue weighted by Gasteiger charge is -2.38. The summed E-state index contributed by atoms with van der Waals surface area (Å²) in [6.45, 7) is 19.4. The predicted molar refractivity (Wildman–Crippen MR) is 89.8 cm³/mol. The molecule has 1 saturated heterocycles. The molecule has 1 aliphatic rings. The monoisotopic (exact) mass is 299 g/mol. The first kappa shape index (κ1) is 18.9. The van der Waals surface area contributed by atoms with Crippen LogP contribution in [0.5, 0.6) is 0 Å². The van der Waals surface area contributed by atoms with Crippen LogP contribution in [0.3, 0.4) is 0 Å². The summed E-state index contributed by atoms with van der Waals surface area (Å²) in [6, 6.07) is 0.599. The Bertz CT molecular complexity index is 291. The zero-order chi connectivity index (χ0) is 16.1. The van der Waals surface area contributed by atoms with E-state index in [1.54, 1.807) is 0 Å². The van der Waals surface area contributed by atoms with Crippen LogP contribution in [0, 0.1) is 5.41 Å². The summed E-state index contributed by atoms with van der Waals surface area (Å²) in [7, 11) is 0. The van der Waals surface area contributed by atoms with E-state index in [2.05, 4.69) is 53.4 Å². The zero-order valence-corrected chi connectivity index (χ0v) is 15.4. The van der Waals surface area contributed by atoms with E-state index in [1.807, 2.05) is 0 Å². The quantitative estimate of drug-likeness (QED) is 0.737. The summed E-state index contributed by atoms with van der Waals surface area (Å²) in [5, 5.41) is 0. The Hall–Kier alpha value is -0.120. The number of likely N-dealkylation sites (tertiary alicyclic amines) is 1. The van der Waals surface area contributed by atoms with Gasteiger partial charge in [0.2, 0.25) is 0 Å². The Labute approximate surface area is 132 Å². The molecule has 0 aromatic rings. The first-order valence-electron chi connectivity index (χ1n) is 8.56.